The minimum atomic E-state index is 0.781. The molecule has 2 aliphatic rings. The minimum absolute atomic E-state index is 0.781. The van der Waals surface area contributed by atoms with Crippen LogP contribution in [0, 0.1) is 0 Å². The molecular formula is C40H47N2O2+. The van der Waals surface area contributed by atoms with Crippen molar-refractivity contribution in [2.75, 3.05) is 0 Å². The molecule has 4 aromatic rings. The van der Waals surface area contributed by atoms with Gasteiger partial charge in [0.1, 0.15) is 18.0 Å². The molecular weight excluding hydrogens is 540 g/mol. The van der Waals surface area contributed by atoms with E-state index in [0.29, 0.717) is 0 Å². The van der Waals surface area contributed by atoms with Gasteiger partial charge in [-0.1, -0.05) is 120 Å². The average Bonchev–Trinajstić information content (AvgIpc) is 3.06. The number of aryl methyl sites for hydroxylation is 1. The molecule has 0 aliphatic carbocycles. The second-order valence-corrected chi connectivity index (χ2v) is 12.4. The Kier molecular flexibility index (Phi) is 10.4. The van der Waals surface area contributed by atoms with Crippen LogP contribution in [0.3, 0.4) is 0 Å². The highest BCUT2D eigenvalue weighted by molar-refractivity contribution is 6.09. The summed E-state index contributed by atoms with van der Waals surface area (Å²) in [5, 5.41) is 0. The van der Waals surface area contributed by atoms with Gasteiger partial charge in [-0.15, -0.1) is 0 Å². The van der Waals surface area contributed by atoms with Crippen molar-refractivity contribution < 1.29 is 14.0 Å². The zero-order valence-corrected chi connectivity index (χ0v) is 26.4. The fourth-order valence-electron chi connectivity index (χ4n) is 6.69. The zero-order chi connectivity index (χ0) is 30.0. The van der Waals surface area contributed by atoms with Crippen molar-refractivity contribution in [1.82, 2.24) is 4.98 Å². The van der Waals surface area contributed by atoms with Crippen LogP contribution in [0.5, 0.6) is 23.0 Å². The molecule has 4 heterocycles. The molecule has 0 saturated carbocycles. The van der Waals surface area contributed by atoms with Crippen LogP contribution in [0.2, 0.25) is 0 Å². The summed E-state index contributed by atoms with van der Waals surface area (Å²) in [6.45, 7) is 3.30. The molecule has 0 atom stereocenters. The lowest BCUT2D eigenvalue weighted by atomic mass is 9.83. The lowest BCUT2D eigenvalue weighted by molar-refractivity contribution is -0.697. The Bertz CT molecular complexity index is 1530. The number of nitrogens with zero attached hydrogens (tertiary/aromatic N) is 2. The van der Waals surface area contributed by atoms with E-state index in [-0.39, 0.29) is 0 Å². The quantitative estimate of drug-likeness (QED) is 0.0885. The normalized spacial score (nSPS) is 14.6. The number of unbranched alkanes of at least 4 members (excludes halogenated alkanes) is 13. The van der Waals surface area contributed by atoms with Gasteiger partial charge in [0.2, 0.25) is 6.20 Å². The van der Waals surface area contributed by atoms with Gasteiger partial charge >= 0.3 is 0 Å². The van der Waals surface area contributed by atoms with Crippen molar-refractivity contribution in [3.05, 3.63) is 108 Å². The van der Waals surface area contributed by atoms with E-state index in [9.17, 15) is 0 Å². The van der Waals surface area contributed by atoms with Crippen molar-refractivity contribution in [3.63, 3.8) is 0 Å². The fourth-order valence-corrected chi connectivity index (χ4v) is 6.69. The molecule has 4 nitrogen and oxygen atoms in total. The van der Waals surface area contributed by atoms with Crippen molar-refractivity contribution >= 4 is 11.1 Å². The van der Waals surface area contributed by atoms with Crippen LogP contribution in [-0.2, 0) is 6.54 Å². The maximum absolute atomic E-state index is 6.54. The van der Waals surface area contributed by atoms with Crippen LogP contribution in [0.15, 0.2) is 85.5 Å². The third-order valence-electron chi connectivity index (χ3n) is 9.08. The van der Waals surface area contributed by atoms with Gasteiger partial charge in [-0.3, -0.25) is 4.98 Å². The van der Waals surface area contributed by atoms with Gasteiger partial charge in [0.15, 0.2) is 17.7 Å². The number of fused-ring (bicyclic) bond motifs is 4. The lowest BCUT2D eigenvalue weighted by Crippen LogP contribution is -2.33. The Balaban J connectivity index is 1.10. The van der Waals surface area contributed by atoms with Crippen molar-refractivity contribution in [2.24, 2.45) is 0 Å². The number of rotatable bonds is 15. The number of para-hydroxylation sites is 2. The van der Waals surface area contributed by atoms with Crippen LogP contribution < -0.4 is 14.0 Å². The van der Waals surface area contributed by atoms with Gasteiger partial charge in [0, 0.05) is 52.1 Å². The summed E-state index contributed by atoms with van der Waals surface area (Å²) in [5.74, 6) is 3.42. The van der Waals surface area contributed by atoms with E-state index in [1.54, 1.807) is 0 Å². The van der Waals surface area contributed by atoms with Crippen LogP contribution in [0.1, 0.15) is 119 Å². The molecule has 44 heavy (non-hydrogen) atoms. The molecule has 2 aromatic carbocycles. The Morgan fingerprint density at radius 1 is 0.523 bits per heavy atom. The molecule has 0 N–H and O–H groups in total. The SMILES string of the molecule is CCCCCCCCCCCCCCCC[n+]1ccc2c(c1)Oc1ccccc1/C2=C1\c2ccccc2Oc2cnccc21. The third-order valence-corrected chi connectivity index (χ3v) is 9.08. The van der Waals surface area contributed by atoms with Crippen molar-refractivity contribution in [3.8, 4) is 23.0 Å². The number of hydrogen-bond donors (Lipinski definition) is 0. The highest BCUT2D eigenvalue weighted by atomic mass is 16.5. The topological polar surface area (TPSA) is 35.2 Å². The summed E-state index contributed by atoms with van der Waals surface area (Å²) in [6, 6.07) is 21.0. The van der Waals surface area contributed by atoms with Crippen LogP contribution in [-0.4, -0.2) is 4.98 Å². The molecule has 0 unspecified atom stereocenters. The summed E-state index contributed by atoms with van der Waals surface area (Å²) in [5.41, 5.74) is 6.67. The van der Waals surface area contributed by atoms with Gasteiger partial charge < -0.3 is 9.47 Å². The Hall–Kier alpha value is -3.92. The largest absolute Gasteiger partial charge is 0.454 e. The first-order chi connectivity index (χ1) is 21.8. The van der Waals surface area contributed by atoms with Crippen LogP contribution in [0.25, 0.3) is 11.1 Å². The summed E-state index contributed by atoms with van der Waals surface area (Å²) < 4.78 is 15.1. The molecule has 0 bridgehead atoms. The number of ether oxygens (including phenoxy) is 2. The fraction of sp³-hybridized carbons (Fsp3) is 0.400. The van der Waals surface area contributed by atoms with Crippen molar-refractivity contribution in [2.45, 2.75) is 103 Å². The zero-order valence-electron chi connectivity index (χ0n) is 26.4. The maximum atomic E-state index is 6.54. The Morgan fingerprint density at radius 2 is 1.02 bits per heavy atom. The molecule has 0 amide bonds. The molecule has 0 radical (unpaired) electrons. The summed E-state index contributed by atoms with van der Waals surface area (Å²) >= 11 is 0. The second kappa shape index (κ2) is 15.2. The van der Waals surface area contributed by atoms with Crippen LogP contribution >= 0.6 is 0 Å². The van der Waals surface area contributed by atoms with E-state index in [1.807, 2.05) is 30.6 Å². The van der Waals surface area contributed by atoms with Gasteiger partial charge in [0.05, 0.1) is 6.20 Å². The molecule has 0 spiro atoms. The summed E-state index contributed by atoms with van der Waals surface area (Å²) in [4.78, 5) is 4.35. The van der Waals surface area contributed by atoms with Gasteiger partial charge in [0.25, 0.3) is 0 Å². The Labute approximate surface area is 263 Å². The summed E-state index contributed by atoms with van der Waals surface area (Å²) in [6.07, 6.45) is 27.4. The van der Waals surface area contributed by atoms with Crippen LogP contribution in [0.4, 0.5) is 0 Å². The summed E-state index contributed by atoms with van der Waals surface area (Å²) in [7, 11) is 0. The highest BCUT2D eigenvalue weighted by Crippen LogP contribution is 2.52. The van der Waals surface area contributed by atoms with Gasteiger partial charge in [-0.2, -0.15) is 0 Å². The first-order valence-electron chi connectivity index (χ1n) is 17.1. The molecule has 6 rings (SSSR count). The molecule has 4 heteroatoms. The third kappa shape index (κ3) is 7.07. The Morgan fingerprint density at radius 3 is 1.64 bits per heavy atom. The molecule has 0 saturated heterocycles. The molecule has 228 valence electrons. The monoisotopic (exact) mass is 587 g/mol. The smallest absolute Gasteiger partial charge is 0.212 e. The predicted molar refractivity (Wildman–Crippen MR) is 179 cm³/mol. The van der Waals surface area contributed by atoms with E-state index in [1.165, 1.54) is 95.5 Å². The number of pyridine rings is 2. The number of hydrogen-bond acceptors (Lipinski definition) is 3. The average molecular weight is 588 g/mol. The van der Waals surface area contributed by atoms with E-state index in [2.05, 4.69) is 71.3 Å². The molecule has 2 aliphatic heterocycles. The number of benzene rings is 2. The second-order valence-electron chi connectivity index (χ2n) is 12.4. The first kappa shape index (κ1) is 30.1. The molecule has 2 aromatic heterocycles. The van der Waals surface area contributed by atoms with Crippen molar-refractivity contribution in [1.29, 1.82) is 0 Å². The van der Waals surface area contributed by atoms with E-state index >= 15 is 0 Å². The van der Waals surface area contributed by atoms with E-state index in [4.69, 9.17) is 9.47 Å². The van der Waals surface area contributed by atoms with E-state index < -0.39 is 0 Å². The first-order valence-corrected chi connectivity index (χ1v) is 17.1. The minimum Gasteiger partial charge on any atom is -0.454 e. The maximum Gasteiger partial charge on any atom is 0.212 e. The van der Waals surface area contributed by atoms with Gasteiger partial charge in [-0.05, 0) is 24.6 Å². The highest BCUT2D eigenvalue weighted by Gasteiger charge is 2.32. The van der Waals surface area contributed by atoms with Gasteiger partial charge in [-0.25, -0.2) is 4.57 Å². The number of aromatic nitrogens is 2. The van der Waals surface area contributed by atoms with E-state index in [0.717, 1.165) is 57.4 Å². The molecule has 0 fully saturated rings. The standard InChI is InChI=1S/C40H47N2O2/c1-2-3-4-5-6-7-8-9-10-11-12-13-14-19-27-42-28-25-34-38(30-42)44-36-23-18-16-21-32(36)40(34)39-31-20-15-17-22-35(31)43-37-29-41-26-24-33(37)39/h15-18,20-26,28-30H,2-14,19,27H2,1H3/q+1/b40-39-. The predicted octanol–water partition coefficient (Wildman–Crippen LogP) is 11.1. The lowest BCUT2D eigenvalue weighted by Gasteiger charge is -2.28.